The molecule has 0 saturated carbocycles. The van der Waals surface area contributed by atoms with Crippen molar-refractivity contribution >= 4 is 93.0 Å². The Morgan fingerprint density at radius 1 is 0.404 bits per heavy atom. The largest absolute Gasteiger partial charge is 0.456 e. The van der Waals surface area contributed by atoms with Crippen molar-refractivity contribution in [1.29, 1.82) is 0 Å². The van der Waals surface area contributed by atoms with Crippen LogP contribution in [0, 0.1) is 0 Å². The van der Waals surface area contributed by atoms with Crippen LogP contribution in [0.1, 0.15) is 22.3 Å². The number of thiophene rings is 1. The zero-order valence-electron chi connectivity index (χ0n) is 30.6. The van der Waals surface area contributed by atoms with Crippen molar-refractivity contribution in [2.75, 3.05) is 4.90 Å². The Morgan fingerprint density at radius 2 is 1.02 bits per heavy atom. The second kappa shape index (κ2) is 11.7. The van der Waals surface area contributed by atoms with Crippen LogP contribution in [0.4, 0.5) is 17.1 Å². The second-order valence-electron chi connectivity index (χ2n) is 15.2. The van der Waals surface area contributed by atoms with E-state index in [2.05, 4.69) is 187 Å². The van der Waals surface area contributed by atoms with Gasteiger partial charge in [-0.25, -0.2) is 0 Å². The van der Waals surface area contributed by atoms with Gasteiger partial charge in [0.25, 0.3) is 0 Å². The van der Waals surface area contributed by atoms with Gasteiger partial charge in [-0.3, -0.25) is 0 Å². The third-order valence-electron chi connectivity index (χ3n) is 12.3. The van der Waals surface area contributed by atoms with Crippen molar-refractivity contribution in [3.05, 3.63) is 210 Å². The number of fused-ring (bicyclic) bond motifs is 17. The first-order chi connectivity index (χ1) is 28.2. The Hall–Kier alpha value is -6.59. The van der Waals surface area contributed by atoms with E-state index in [0.29, 0.717) is 0 Å². The second-order valence-corrected chi connectivity index (χ2v) is 17.3. The summed E-state index contributed by atoms with van der Waals surface area (Å²) in [5, 5.41) is 7.39. The van der Waals surface area contributed by atoms with Crippen molar-refractivity contribution in [2.45, 2.75) is 15.2 Å². The summed E-state index contributed by atoms with van der Waals surface area (Å²) < 4.78 is 9.10. The Balaban J connectivity index is 1.12. The molecule has 0 saturated heterocycles. The quantitative estimate of drug-likeness (QED) is 0.178. The fourth-order valence-corrected chi connectivity index (χ4v) is 12.3. The van der Waals surface area contributed by atoms with Gasteiger partial charge in [0.2, 0.25) is 0 Å². The smallest absolute Gasteiger partial charge is 0.137 e. The molecule has 1 aliphatic heterocycles. The maximum absolute atomic E-state index is 6.52. The average Bonchev–Trinajstić information content (AvgIpc) is 3.92. The predicted molar refractivity (Wildman–Crippen MR) is 240 cm³/mol. The minimum atomic E-state index is -0.507. The molecule has 266 valence electrons. The summed E-state index contributed by atoms with van der Waals surface area (Å²) in [6.07, 6.45) is 0. The Labute approximate surface area is 337 Å². The molecule has 0 unspecified atom stereocenters. The zero-order valence-corrected chi connectivity index (χ0v) is 32.2. The number of rotatable bonds is 3. The highest BCUT2D eigenvalue weighted by Gasteiger charge is 2.50. The molecule has 57 heavy (non-hydrogen) atoms. The summed E-state index contributed by atoms with van der Waals surface area (Å²) >= 11 is 3.74. The van der Waals surface area contributed by atoms with Crippen LogP contribution in [0.15, 0.2) is 202 Å². The Bertz CT molecular complexity index is 3320. The summed E-state index contributed by atoms with van der Waals surface area (Å²) in [6, 6.07) is 69.7. The molecule has 0 atom stereocenters. The van der Waals surface area contributed by atoms with E-state index in [1.54, 1.807) is 0 Å². The van der Waals surface area contributed by atoms with Crippen LogP contribution in [0.25, 0.3) is 64.0 Å². The molecule has 0 bridgehead atoms. The maximum Gasteiger partial charge on any atom is 0.137 e. The summed E-state index contributed by atoms with van der Waals surface area (Å²) in [4.78, 5) is 5.04. The molecule has 1 aliphatic carbocycles. The summed E-state index contributed by atoms with van der Waals surface area (Å²) in [5.74, 6) is 0. The summed E-state index contributed by atoms with van der Waals surface area (Å²) in [6.45, 7) is 0. The molecular weight excluding hydrogens is 731 g/mol. The number of benzene rings is 9. The third kappa shape index (κ3) is 4.32. The van der Waals surface area contributed by atoms with E-state index in [1.807, 2.05) is 29.2 Å². The number of para-hydroxylation sites is 1. The van der Waals surface area contributed by atoms with E-state index in [-0.39, 0.29) is 0 Å². The third-order valence-corrected chi connectivity index (χ3v) is 14.6. The van der Waals surface area contributed by atoms with E-state index in [4.69, 9.17) is 4.42 Å². The molecule has 2 aromatic heterocycles. The van der Waals surface area contributed by atoms with Crippen molar-refractivity contribution in [3.63, 3.8) is 0 Å². The highest BCUT2D eigenvalue weighted by atomic mass is 32.2. The Morgan fingerprint density at radius 3 is 1.86 bits per heavy atom. The first-order valence-electron chi connectivity index (χ1n) is 19.4. The van der Waals surface area contributed by atoms with Crippen LogP contribution in [-0.2, 0) is 5.41 Å². The molecule has 0 amide bonds. The maximum atomic E-state index is 6.52. The fraction of sp³-hybridized carbons (Fsp3) is 0.0189. The van der Waals surface area contributed by atoms with Crippen LogP contribution in [-0.4, -0.2) is 0 Å². The lowest BCUT2D eigenvalue weighted by molar-refractivity contribution is 0.669. The van der Waals surface area contributed by atoms with Crippen molar-refractivity contribution in [1.82, 2.24) is 0 Å². The van der Waals surface area contributed by atoms with Gasteiger partial charge >= 0.3 is 0 Å². The molecule has 0 radical (unpaired) electrons. The van der Waals surface area contributed by atoms with Gasteiger partial charge in [0.05, 0.1) is 5.41 Å². The van der Waals surface area contributed by atoms with Gasteiger partial charge < -0.3 is 9.32 Å². The topological polar surface area (TPSA) is 16.4 Å². The van der Waals surface area contributed by atoms with Gasteiger partial charge in [-0.1, -0.05) is 133 Å². The van der Waals surface area contributed by atoms with Crippen LogP contribution in [0.5, 0.6) is 0 Å². The first-order valence-corrected chi connectivity index (χ1v) is 21.0. The minimum Gasteiger partial charge on any atom is -0.456 e. The van der Waals surface area contributed by atoms with Gasteiger partial charge in [-0.05, 0) is 105 Å². The highest BCUT2D eigenvalue weighted by molar-refractivity contribution is 7.99. The highest BCUT2D eigenvalue weighted by Crippen LogP contribution is 2.63. The molecule has 11 aromatic rings. The normalized spacial score (nSPS) is 13.7. The fourth-order valence-electron chi connectivity index (χ4n) is 9.95. The molecule has 13 rings (SSSR count). The molecule has 4 heteroatoms. The SMILES string of the molecule is c1ccc2c(c1)Sc1ccccc1C21c2cc(N(c3ccc4c(c3)oc3ccccc34)c3ccc4c(c3)sc3ccccc34)ccc2-c2c1ccc1ccccc21. The Kier molecular flexibility index (Phi) is 6.50. The molecule has 2 nitrogen and oxygen atoms in total. The van der Waals surface area contributed by atoms with Crippen LogP contribution in [0.3, 0.4) is 0 Å². The van der Waals surface area contributed by atoms with Crippen LogP contribution in [0.2, 0.25) is 0 Å². The summed E-state index contributed by atoms with van der Waals surface area (Å²) in [5.41, 5.74) is 12.5. The minimum absolute atomic E-state index is 0.507. The standard InChI is InChI=1S/C53H31NOS2/c1-2-12-36-32(11-1)21-28-44-52(36)41-27-24-33(29-45(41)53(44)42-15-5-9-19-49(42)57-50-20-10-6-16-43(50)53)54(34-22-25-38-37-13-3-7-17-46(37)55-47(38)30-34)35-23-26-40-39-14-4-8-18-48(39)56-51(40)31-35/h1-31H. The lowest BCUT2D eigenvalue weighted by atomic mass is 9.67. The number of furan rings is 1. The van der Waals surface area contributed by atoms with Gasteiger partial charge in [-0.2, -0.15) is 0 Å². The molecule has 1 spiro atoms. The van der Waals surface area contributed by atoms with Gasteiger partial charge in [0, 0.05) is 63.9 Å². The molecule has 3 heterocycles. The molecule has 2 aliphatic rings. The van der Waals surface area contributed by atoms with Crippen LogP contribution < -0.4 is 4.90 Å². The van der Waals surface area contributed by atoms with Crippen molar-refractivity contribution < 1.29 is 4.42 Å². The number of anilines is 3. The van der Waals surface area contributed by atoms with E-state index in [0.717, 1.165) is 39.0 Å². The number of hydrogen-bond acceptors (Lipinski definition) is 4. The zero-order chi connectivity index (χ0) is 37.2. The molecule has 0 N–H and O–H groups in total. The van der Waals surface area contributed by atoms with E-state index < -0.39 is 5.41 Å². The molecular formula is C53H31NOS2. The summed E-state index contributed by atoms with van der Waals surface area (Å²) in [7, 11) is 0. The van der Waals surface area contributed by atoms with Gasteiger partial charge in [0.1, 0.15) is 11.2 Å². The number of nitrogens with zero attached hydrogens (tertiary/aromatic N) is 1. The van der Waals surface area contributed by atoms with Gasteiger partial charge in [0.15, 0.2) is 0 Å². The lowest BCUT2D eigenvalue weighted by Crippen LogP contribution is -2.32. The number of hydrogen-bond donors (Lipinski definition) is 0. The van der Waals surface area contributed by atoms with Crippen LogP contribution >= 0.6 is 23.1 Å². The average molecular weight is 762 g/mol. The first kappa shape index (κ1) is 31.6. The molecule has 0 fully saturated rings. The molecule has 9 aromatic carbocycles. The van der Waals surface area contributed by atoms with Crippen molar-refractivity contribution in [2.24, 2.45) is 0 Å². The predicted octanol–water partition coefficient (Wildman–Crippen LogP) is 15.4. The van der Waals surface area contributed by atoms with Crippen molar-refractivity contribution in [3.8, 4) is 11.1 Å². The monoisotopic (exact) mass is 761 g/mol. The van der Waals surface area contributed by atoms with Gasteiger partial charge in [-0.15, -0.1) is 11.3 Å². The lowest BCUT2D eigenvalue weighted by Gasteiger charge is -2.40. The van der Waals surface area contributed by atoms with E-state index in [9.17, 15) is 0 Å². The van der Waals surface area contributed by atoms with E-state index >= 15 is 0 Å². The van der Waals surface area contributed by atoms with E-state index in [1.165, 1.54) is 74.1 Å².